The van der Waals surface area contributed by atoms with Crippen LogP contribution in [0.3, 0.4) is 0 Å². The highest BCUT2D eigenvalue weighted by Gasteiger charge is 2.40. The second kappa shape index (κ2) is 8.10. The van der Waals surface area contributed by atoms with Gasteiger partial charge in [-0.3, -0.25) is 14.0 Å². The number of nitrogens with zero attached hydrogens (tertiary/aromatic N) is 5. The molecule has 1 amide bonds. The Labute approximate surface area is 173 Å². The molecule has 4 rings (SSSR count). The number of piperidine rings is 1. The maximum absolute atomic E-state index is 14.8. The van der Waals surface area contributed by atoms with E-state index in [2.05, 4.69) is 10.0 Å². The number of anilines is 2. The highest BCUT2D eigenvalue weighted by Crippen LogP contribution is 2.55. The quantitative estimate of drug-likeness (QED) is 0.401. The van der Waals surface area contributed by atoms with Crippen LogP contribution in [0.15, 0.2) is 17.2 Å². The summed E-state index contributed by atoms with van der Waals surface area (Å²) in [7, 11) is -2.39. The lowest BCUT2D eigenvalue weighted by molar-refractivity contribution is 0.145. The summed E-state index contributed by atoms with van der Waals surface area (Å²) in [4.78, 5) is 17.4. The third kappa shape index (κ3) is 4.13. The van der Waals surface area contributed by atoms with Gasteiger partial charge in [-0.15, -0.1) is 0 Å². The van der Waals surface area contributed by atoms with E-state index in [4.69, 9.17) is 10.3 Å². The molecular formula is C18H23F2N5O4S. The van der Waals surface area contributed by atoms with E-state index in [9.17, 15) is 22.7 Å². The molecule has 3 fully saturated rings. The second-order valence-corrected chi connectivity index (χ2v) is 10.3. The summed E-state index contributed by atoms with van der Waals surface area (Å²) >= 11 is 0. The maximum Gasteiger partial charge on any atom is 0.414 e. The molecule has 164 valence electrons. The van der Waals surface area contributed by atoms with Crippen molar-refractivity contribution in [1.29, 1.82) is 0 Å². The number of carbonyl (C=O) groups is 1. The van der Waals surface area contributed by atoms with Gasteiger partial charge in [-0.2, -0.15) is 10.6 Å². The normalized spacial score (nSPS) is 25.5. The van der Waals surface area contributed by atoms with Gasteiger partial charge in [0.25, 0.3) is 0 Å². The van der Waals surface area contributed by atoms with Crippen LogP contribution >= 0.6 is 10.6 Å². The van der Waals surface area contributed by atoms with Crippen LogP contribution in [0, 0.1) is 23.5 Å². The van der Waals surface area contributed by atoms with Crippen molar-refractivity contribution < 1.29 is 27.4 Å². The van der Waals surface area contributed by atoms with Gasteiger partial charge in [0.15, 0.2) is 11.6 Å². The van der Waals surface area contributed by atoms with Gasteiger partial charge >= 0.3 is 6.09 Å². The fraction of sp³-hybridized carbons (Fsp3) is 0.611. The van der Waals surface area contributed by atoms with Crippen LogP contribution in [0.5, 0.6) is 0 Å². The first-order valence-electron chi connectivity index (χ1n) is 9.74. The lowest BCUT2D eigenvalue weighted by Gasteiger charge is -2.51. The summed E-state index contributed by atoms with van der Waals surface area (Å²) in [5.41, 5.74) is 8.30. The van der Waals surface area contributed by atoms with E-state index in [0.717, 1.165) is 29.9 Å². The topological polar surface area (TPSA) is 122 Å². The number of hydrogen-bond acceptors (Lipinski definition) is 6. The average molecular weight is 443 g/mol. The van der Waals surface area contributed by atoms with Gasteiger partial charge in [-0.05, 0) is 30.2 Å². The summed E-state index contributed by atoms with van der Waals surface area (Å²) in [6.07, 6.45) is 0.0656. The molecule has 0 aliphatic carbocycles. The number of ether oxygens (including phenoxy) is 1. The number of benzene rings is 1. The van der Waals surface area contributed by atoms with Crippen LogP contribution in [0.4, 0.5) is 25.0 Å². The number of azide groups is 1. The van der Waals surface area contributed by atoms with Crippen molar-refractivity contribution in [1.82, 2.24) is 0 Å². The van der Waals surface area contributed by atoms with Crippen molar-refractivity contribution in [3.63, 3.8) is 0 Å². The molecule has 30 heavy (non-hydrogen) atoms. The van der Waals surface area contributed by atoms with Crippen LogP contribution in [0.25, 0.3) is 10.4 Å². The first-order chi connectivity index (χ1) is 14.3. The Bertz CT molecular complexity index is 858. The largest absolute Gasteiger partial charge is 0.444 e. The third-order valence-electron chi connectivity index (χ3n) is 6.02. The summed E-state index contributed by atoms with van der Waals surface area (Å²) in [5.74, 6) is -0.0450. The first-order valence-corrected chi connectivity index (χ1v) is 11.6. The molecule has 2 N–H and O–H groups in total. The molecule has 9 nitrogen and oxygen atoms in total. The fourth-order valence-electron chi connectivity index (χ4n) is 4.47. The zero-order valence-corrected chi connectivity index (χ0v) is 17.0. The molecule has 1 atom stereocenters. The number of cyclic esters (lactones) is 1. The lowest BCUT2D eigenvalue weighted by Crippen LogP contribution is -2.44. The van der Waals surface area contributed by atoms with Crippen molar-refractivity contribution >= 4 is 28.1 Å². The molecule has 3 saturated heterocycles. The predicted molar refractivity (Wildman–Crippen MR) is 109 cm³/mol. The van der Waals surface area contributed by atoms with Gasteiger partial charge in [0.2, 0.25) is 0 Å². The van der Waals surface area contributed by atoms with Gasteiger partial charge < -0.3 is 9.64 Å². The molecular weight excluding hydrogens is 420 g/mol. The standard InChI is InChI=1S/C18H23F2N5O4S/c19-15-5-13(25-8-14(7-22-23-21)29-18(25)26)6-16(20)17(15)24-3-1-11(2-4-24)12-9-30(27,28)10-12/h5-6,11-12,14,27-28H,1-4,7-10H2/t14-/m0/s1. The van der Waals surface area contributed by atoms with Crippen LogP contribution in [-0.2, 0) is 4.74 Å². The Kier molecular flexibility index (Phi) is 5.67. The van der Waals surface area contributed by atoms with Crippen LogP contribution in [-0.4, -0.2) is 59.0 Å². The smallest absolute Gasteiger partial charge is 0.414 e. The minimum absolute atomic E-state index is 0.0437. The van der Waals surface area contributed by atoms with E-state index in [1.54, 1.807) is 4.90 Å². The molecule has 0 radical (unpaired) electrons. The van der Waals surface area contributed by atoms with E-state index >= 15 is 0 Å². The summed E-state index contributed by atoms with van der Waals surface area (Å²) in [5, 5.41) is 3.36. The van der Waals surface area contributed by atoms with E-state index in [-0.39, 0.29) is 30.4 Å². The third-order valence-corrected chi connectivity index (χ3v) is 7.94. The highest BCUT2D eigenvalue weighted by atomic mass is 32.3. The second-order valence-electron chi connectivity index (χ2n) is 8.01. The number of rotatable bonds is 5. The molecule has 3 aliphatic heterocycles. The Hall–Kier alpha value is -2.27. The Balaban J connectivity index is 1.42. The molecule has 0 bridgehead atoms. The van der Waals surface area contributed by atoms with Gasteiger partial charge in [-0.1, -0.05) is 5.11 Å². The van der Waals surface area contributed by atoms with Crippen LogP contribution in [0.2, 0.25) is 0 Å². The van der Waals surface area contributed by atoms with Crippen LogP contribution < -0.4 is 9.80 Å². The van der Waals surface area contributed by atoms with Crippen molar-refractivity contribution in [2.75, 3.05) is 47.5 Å². The zero-order chi connectivity index (χ0) is 21.5. The molecule has 3 aliphatic rings. The molecule has 1 aromatic rings. The van der Waals surface area contributed by atoms with Gasteiger partial charge in [0.1, 0.15) is 11.8 Å². The number of hydrogen-bond donors (Lipinski definition) is 2. The maximum atomic E-state index is 14.8. The van der Waals surface area contributed by atoms with Crippen LogP contribution in [0.1, 0.15) is 12.8 Å². The number of amides is 1. The molecule has 0 unspecified atom stereocenters. The van der Waals surface area contributed by atoms with Gasteiger partial charge in [0, 0.05) is 41.6 Å². The first kappa shape index (κ1) is 21.0. The summed E-state index contributed by atoms with van der Waals surface area (Å²) in [6.45, 7) is 0.954. The Morgan fingerprint density at radius 1 is 1.20 bits per heavy atom. The van der Waals surface area contributed by atoms with E-state index < -0.39 is 34.4 Å². The molecule has 3 heterocycles. The Morgan fingerprint density at radius 2 is 1.83 bits per heavy atom. The highest BCUT2D eigenvalue weighted by molar-refractivity contribution is 8.25. The van der Waals surface area contributed by atoms with Gasteiger partial charge in [0.05, 0.1) is 18.8 Å². The minimum Gasteiger partial charge on any atom is -0.444 e. The number of halogens is 2. The van der Waals surface area contributed by atoms with Crippen molar-refractivity contribution in [3.8, 4) is 0 Å². The number of carbonyl (C=O) groups excluding carboxylic acids is 1. The predicted octanol–water partition coefficient (Wildman–Crippen LogP) is 4.20. The SMILES string of the molecule is [N-]=[N+]=NC[C@H]1CN(c2cc(F)c(N3CCC(C4CS(O)(O)C4)CC3)c(F)c2)C(=O)O1. The van der Waals surface area contributed by atoms with Gasteiger partial charge in [-0.25, -0.2) is 13.6 Å². The fourth-order valence-corrected chi connectivity index (χ4v) is 6.29. The average Bonchev–Trinajstić information content (AvgIpc) is 3.05. The van der Waals surface area contributed by atoms with Crippen molar-refractivity contribution in [2.45, 2.75) is 18.9 Å². The monoisotopic (exact) mass is 443 g/mol. The lowest BCUT2D eigenvalue weighted by atomic mass is 9.85. The van der Waals surface area contributed by atoms with E-state index in [1.807, 2.05) is 0 Å². The molecule has 0 aromatic heterocycles. The zero-order valence-electron chi connectivity index (χ0n) is 16.2. The van der Waals surface area contributed by atoms with Crippen molar-refractivity contribution in [2.24, 2.45) is 17.0 Å². The Morgan fingerprint density at radius 3 is 2.40 bits per heavy atom. The molecule has 12 heteroatoms. The van der Waals surface area contributed by atoms with E-state index in [1.165, 1.54) is 0 Å². The summed E-state index contributed by atoms with van der Waals surface area (Å²) < 4.78 is 53.9. The van der Waals surface area contributed by atoms with E-state index in [0.29, 0.717) is 30.5 Å². The molecule has 0 spiro atoms. The molecule has 0 saturated carbocycles. The minimum atomic E-state index is -2.39. The van der Waals surface area contributed by atoms with Crippen molar-refractivity contribution in [3.05, 3.63) is 34.2 Å². The molecule has 1 aromatic carbocycles. The summed E-state index contributed by atoms with van der Waals surface area (Å²) in [6, 6.07) is 2.23.